The molecule has 0 saturated heterocycles. The van der Waals surface area contributed by atoms with Gasteiger partial charge in [0.1, 0.15) is 0 Å². The van der Waals surface area contributed by atoms with Crippen molar-refractivity contribution in [2.45, 2.75) is 23.3 Å². The molecular weight excluding hydrogens is 398 g/mol. The molecule has 1 aliphatic rings. The van der Waals surface area contributed by atoms with Gasteiger partial charge in [-0.1, -0.05) is 42.1 Å². The largest absolute Gasteiger partial charge is 0.348 e. The fraction of sp³-hybridized carbons (Fsp3) is 0.0870. The zero-order chi connectivity index (χ0) is 21.1. The summed E-state index contributed by atoms with van der Waals surface area (Å²) in [7, 11) is 0. The van der Waals surface area contributed by atoms with Crippen molar-refractivity contribution in [1.29, 1.82) is 0 Å². The van der Waals surface area contributed by atoms with Crippen LogP contribution in [0.5, 0.6) is 0 Å². The second-order valence-electron chi connectivity index (χ2n) is 6.78. The Bertz CT molecular complexity index is 1160. The summed E-state index contributed by atoms with van der Waals surface area (Å²) in [5.74, 6) is -0.635. The fourth-order valence-corrected chi connectivity index (χ4v) is 4.18. The van der Waals surface area contributed by atoms with E-state index in [1.165, 1.54) is 18.7 Å². The van der Waals surface area contributed by atoms with Crippen molar-refractivity contribution in [3.63, 3.8) is 0 Å². The molecule has 0 spiro atoms. The molecule has 0 aliphatic carbocycles. The number of para-hydroxylation sites is 1. The average Bonchev–Trinajstić information content (AvgIpc) is 2.87. The number of nitrogens with one attached hydrogen (secondary N) is 3. The van der Waals surface area contributed by atoms with E-state index in [2.05, 4.69) is 16.0 Å². The van der Waals surface area contributed by atoms with Crippen LogP contribution >= 0.6 is 11.8 Å². The minimum atomic E-state index is -0.267. The molecule has 6 nitrogen and oxygen atoms in total. The van der Waals surface area contributed by atoms with Crippen molar-refractivity contribution >= 4 is 40.9 Å². The Balaban J connectivity index is 1.51. The van der Waals surface area contributed by atoms with Crippen molar-refractivity contribution in [3.05, 3.63) is 83.4 Å². The van der Waals surface area contributed by atoms with Gasteiger partial charge in [-0.05, 0) is 42.0 Å². The monoisotopic (exact) mass is 417 g/mol. The van der Waals surface area contributed by atoms with Gasteiger partial charge in [0.05, 0.1) is 11.3 Å². The quantitative estimate of drug-likeness (QED) is 0.591. The normalized spacial score (nSPS) is 12.1. The van der Waals surface area contributed by atoms with E-state index in [9.17, 15) is 14.4 Å². The number of hydrogen-bond acceptors (Lipinski definition) is 4. The third kappa shape index (κ3) is 4.21. The summed E-state index contributed by atoms with van der Waals surface area (Å²) in [6, 6.07) is 20.0. The number of anilines is 2. The number of amides is 3. The van der Waals surface area contributed by atoms with Crippen molar-refractivity contribution < 1.29 is 14.4 Å². The van der Waals surface area contributed by atoms with E-state index in [1.54, 1.807) is 24.3 Å². The summed E-state index contributed by atoms with van der Waals surface area (Å²) < 4.78 is 0. The minimum absolute atomic E-state index is 0.172. The fourth-order valence-electron chi connectivity index (χ4n) is 3.17. The van der Waals surface area contributed by atoms with Crippen LogP contribution in [-0.2, 0) is 11.3 Å². The molecule has 3 aromatic carbocycles. The Morgan fingerprint density at radius 1 is 0.967 bits per heavy atom. The highest BCUT2D eigenvalue weighted by molar-refractivity contribution is 7.99. The summed E-state index contributed by atoms with van der Waals surface area (Å²) in [4.78, 5) is 38.3. The Labute approximate surface area is 178 Å². The highest BCUT2D eigenvalue weighted by atomic mass is 32.2. The van der Waals surface area contributed by atoms with Crippen LogP contribution < -0.4 is 16.0 Å². The molecule has 0 unspecified atom stereocenters. The third-order valence-corrected chi connectivity index (χ3v) is 5.76. The molecule has 150 valence electrons. The first-order valence-electron chi connectivity index (χ1n) is 9.37. The molecule has 4 rings (SSSR count). The summed E-state index contributed by atoms with van der Waals surface area (Å²) in [6.07, 6.45) is 0. The van der Waals surface area contributed by atoms with Crippen LogP contribution in [-0.4, -0.2) is 17.7 Å². The van der Waals surface area contributed by atoms with E-state index in [-0.39, 0.29) is 24.3 Å². The standard InChI is InChI=1S/C23H19N3O3S/c1-14(27)25-18-8-4-2-6-16(18)13-24-22(28)15-10-11-21-19(12-15)26-23(29)17-7-3-5-9-20(17)30-21/h2-12H,13H2,1H3,(H,24,28)(H,25,27)(H,26,29). The summed E-state index contributed by atoms with van der Waals surface area (Å²) in [6.45, 7) is 1.70. The van der Waals surface area contributed by atoms with E-state index < -0.39 is 0 Å². The van der Waals surface area contributed by atoms with Crippen molar-refractivity contribution in [2.24, 2.45) is 0 Å². The van der Waals surface area contributed by atoms with Gasteiger partial charge in [0.15, 0.2) is 0 Å². The Morgan fingerprint density at radius 2 is 1.73 bits per heavy atom. The molecule has 0 bridgehead atoms. The van der Waals surface area contributed by atoms with Crippen molar-refractivity contribution in [3.8, 4) is 0 Å². The molecule has 1 heterocycles. The lowest BCUT2D eigenvalue weighted by Gasteiger charge is -2.12. The van der Waals surface area contributed by atoms with Crippen molar-refractivity contribution in [1.82, 2.24) is 5.32 Å². The van der Waals surface area contributed by atoms with Crippen LogP contribution in [0, 0.1) is 0 Å². The van der Waals surface area contributed by atoms with Gasteiger partial charge in [0, 0.05) is 34.5 Å². The van der Waals surface area contributed by atoms with Gasteiger partial charge in [0.2, 0.25) is 5.91 Å². The molecule has 0 aromatic heterocycles. The van der Waals surface area contributed by atoms with Gasteiger partial charge in [-0.15, -0.1) is 0 Å². The zero-order valence-corrected chi connectivity index (χ0v) is 17.0. The Kier molecular flexibility index (Phi) is 5.54. The first-order valence-corrected chi connectivity index (χ1v) is 10.2. The number of benzene rings is 3. The number of carbonyl (C=O) groups is 3. The maximum absolute atomic E-state index is 12.7. The minimum Gasteiger partial charge on any atom is -0.348 e. The molecule has 3 N–H and O–H groups in total. The molecule has 0 atom stereocenters. The predicted molar refractivity (Wildman–Crippen MR) is 117 cm³/mol. The lowest BCUT2D eigenvalue weighted by molar-refractivity contribution is -0.114. The van der Waals surface area contributed by atoms with Crippen LogP contribution in [0.4, 0.5) is 11.4 Å². The van der Waals surface area contributed by atoms with E-state index in [0.717, 1.165) is 15.4 Å². The number of carbonyl (C=O) groups excluding carboxylic acids is 3. The Hall–Kier alpha value is -3.58. The van der Waals surface area contributed by atoms with Gasteiger partial charge in [-0.25, -0.2) is 0 Å². The maximum Gasteiger partial charge on any atom is 0.256 e. The molecule has 0 saturated carbocycles. The summed E-state index contributed by atoms with van der Waals surface area (Å²) in [5.41, 5.74) is 3.12. The summed E-state index contributed by atoms with van der Waals surface area (Å²) >= 11 is 1.49. The molecule has 30 heavy (non-hydrogen) atoms. The second-order valence-corrected chi connectivity index (χ2v) is 7.87. The van der Waals surface area contributed by atoms with E-state index in [1.807, 2.05) is 42.5 Å². The second kappa shape index (κ2) is 8.42. The van der Waals surface area contributed by atoms with E-state index in [0.29, 0.717) is 22.5 Å². The molecule has 1 aliphatic heterocycles. The van der Waals surface area contributed by atoms with Gasteiger partial charge in [-0.3, -0.25) is 14.4 Å². The summed E-state index contributed by atoms with van der Waals surface area (Å²) in [5, 5.41) is 8.52. The molecule has 7 heteroatoms. The predicted octanol–water partition coefficient (Wildman–Crippen LogP) is 4.29. The van der Waals surface area contributed by atoms with Crippen LogP contribution in [0.3, 0.4) is 0 Å². The molecule has 3 aromatic rings. The maximum atomic E-state index is 12.7. The smallest absolute Gasteiger partial charge is 0.256 e. The van der Waals surface area contributed by atoms with Crippen LogP contribution in [0.1, 0.15) is 33.2 Å². The van der Waals surface area contributed by atoms with Gasteiger partial charge in [0.25, 0.3) is 11.8 Å². The third-order valence-electron chi connectivity index (χ3n) is 4.61. The average molecular weight is 417 g/mol. The molecule has 0 fully saturated rings. The lowest BCUT2D eigenvalue weighted by atomic mass is 10.1. The zero-order valence-electron chi connectivity index (χ0n) is 16.2. The lowest BCUT2D eigenvalue weighted by Crippen LogP contribution is -2.24. The van der Waals surface area contributed by atoms with Crippen LogP contribution in [0.25, 0.3) is 0 Å². The van der Waals surface area contributed by atoms with Gasteiger partial charge in [-0.2, -0.15) is 0 Å². The number of rotatable bonds is 4. The molecule has 3 amide bonds. The van der Waals surface area contributed by atoms with Crippen molar-refractivity contribution in [2.75, 3.05) is 10.6 Å². The molecule has 0 radical (unpaired) electrons. The number of fused-ring (bicyclic) bond motifs is 2. The van der Waals surface area contributed by atoms with Crippen LogP contribution in [0.2, 0.25) is 0 Å². The first-order chi connectivity index (χ1) is 14.5. The highest BCUT2D eigenvalue weighted by Crippen LogP contribution is 2.39. The molecular formula is C23H19N3O3S. The van der Waals surface area contributed by atoms with Gasteiger partial charge < -0.3 is 16.0 Å². The van der Waals surface area contributed by atoms with Gasteiger partial charge >= 0.3 is 0 Å². The first kappa shape index (κ1) is 19.7. The van der Waals surface area contributed by atoms with Crippen LogP contribution in [0.15, 0.2) is 76.5 Å². The van der Waals surface area contributed by atoms with E-state index in [4.69, 9.17) is 0 Å². The SMILES string of the molecule is CC(=O)Nc1ccccc1CNC(=O)c1ccc2c(c1)NC(=O)c1ccccc1S2. The topological polar surface area (TPSA) is 87.3 Å². The van der Waals surface area contributed by atoms with E-state index >= 15 is 0 Å². The highest BCUT2D eigenvalue weighted by Gasteiger charge is 2.20. The Morgan fingerprint density at radius 3 is 2.57 bits per heavy atom. The number of hydrogen-bond donors (Lipinski definition) is 3.